The summed E-state index contributed by atoms with van der Waals surface area (Å²) >= 11 is 0. The molecule has 1 N–H and O–H groups in total. The molecule has 0 atom stereocenters. The van der Waals surface area contributed by atoms with Gasteiger partial charge in [-0.1, -0.05) is 48.0 Å². The Morgan fingerprint density at radius 1 is 1.03 bits per heavy atom. The second-order valence-electron chi connectivity index (χ2n) is 7.05. The Balaban J connectivity index is 1.57. The summed E-state index contributed by atoms with van der Waals surface area (Å²) in [5.74, 6) is -0.440. The lowest BCUT2D eigenvalue weighted by Gasteiger charge is -2.12. The number of nitrogens with one attached hydrogen (secondary N) is 1. The van der Waals surface area contributed by atoms with Crippen molar-refractivity contribution < 1.29 is 4.79 Å². The maximum Gasteiger partial charge on any atom is 0.263 e. The van der Waals surface area contributed by atoms with Crippen molar-refractivity contribution in [1.29, 1.82) is 0 Å². The maximum absolute atomic E-state index is 12.9. The van der Waals surface area contributed by atoms with Crippen LogP contribution in [0.5, 0.6) is 0 Å². The van der Waals surface area contributed by atoms with Crippen LogP contribution >= 0.6 is 0 Å². The molecule has 0 radical (unpaired) electrons. The molecular weight excluding hydrogens is 378 g/mol. The molecule has 4 aromatic rings. The summed E-state index contributed by atoms with van der Waals surface area (Å²) in [5, 5.41) is 6.97. The molecule has 7 heteroatoms. The Bertz CT molecular complexity index is 1230. The van der Waals surface area contributed by atoms with Gasteiger partial charge in [0.05, 0.1) is 13.1 Å². The van der Waals surface area contributed by atoms with Crippen LogP contribution in [0, 0.1) is 6.92 Å². The minimum absolute atomic E-state index is 0.0979. The van der Waals surface area contributed by atoms with Crippen LogP contribution in [0.15, 0.2) is 84.3 Å². The molecule has 150 valence electrons. The molecule has 0 bridgehead atoms. The standard InChI is InChI=1S/C23H21N5O2/c1-17-6-4-7-18(12-17)13-27-11-5-9-20(23(27)30)22(29)26-21-10-3-2-8-19(21)14-28-16-24-15-25-28/h2-12,15-16H,13-14H2,1H3,(H,26,29). The van der Waals surface area contributed by atoms with E-state index in [1.807, 2.05) is 49.4 Å². The zero-order chi connectivity index (χ0) is 20.9. The first-order valence-electron chi connectivity index (χ1n) is 9.57. The van der Waals surface area contributed by atoms with Crippen LogP contribution in [-0.4, -0.2) is 25.2 Å². The molecule has 2 heterocycles. The number of carbonyl (C=O) groups excluding carboxylic acids is 1. The Morgan fingerprint density at radius 2 is 1.90 bits per heavy atom. The van der Waals surface area contributed by atoms with Crippen LogP contribution in [0.3, 0.4) is 0 Å². The highest BCUT2D eigenvalue weighted by Gasteiger charge is 2.14. The molecule has 0 saturated carbocycles. The van der Waals surface area contributed by atoms with E-state index in [-0.39, 0.29) is 11.1 Å². The van der Waals surface area contributed by atoms with E-state index in [4.69, 9.17) is 0 Å². The first-order valence-corrected chi connectivity index (χ1v) is 9.57. The summed E-state index contributed by atoms with van der Waals surface area (Å²) in [6, 6.07) is 18.6. The second-order valence-corrected chi connectivity index (χ2v) is 7.05. The fraction of sp³-hybridized carbons (Fsp3) is 0.130. The summed E-state index contributed by atoms with van der Waals surface area (Å²) in [7, 11) is 0. The molecule has 0 unspecified atom stereocenters. The van der Waals surface area contributed by atoms with Gasteiger partial charge in [0.2, 0.25) is 0 Å². The van der Waals surface area contributed by atoms with Crippen LogP contribution in [0.1, 0.15) is 27.0 Å². The summed E-state index contributed by atoms with van der Waals surface area (Å²) in [6.45, 7) is 2.88. The molecular formula is C23H21N5O2. The quantitative estimate of drug-likeness (QED) is 0.540. The first-order chi connectivity index (χ1) is 14.6. The van der Waals surface area contributed by atoms with Crippen molar-refractivity contribution in [2.24, 2.45) is 0 Å². The zero-order valence-electron chi connectivity index (χ0n) is 16.5. The predicted octanol–water partition coefficient (Wildman–Crippen LogP) is 3.10. The van der Waals surface area contributed by atoms with Gasteiger partial charge in [0, 0.05) is 11.9 Å². The van der Waals surface area contributed by atoms with Gasteiger partial charge in [-0.05, 0) is 36.2 Å². The van der Waals surface area contributed by atoms with E-state index in [9.17, 15) is 9.59 Å². The Hall–Kier alpha value is -4.00. The second kappa shape index (κ2) is 8.57. The third kappa shape index (κ3) is 4.35. The average Bonchev–Trinajstić information content (AvgIpc) is 3.24. The molecule has 0 fully saturated rings. The number of pyridine rings is 1. The molecule has 4 rings (SSSR count). The number of nitrogens with zero attached hydrogens (tertiary/aromatic N) is 4. The van der Waals surface area contributed by atoms with Crippen LogP contribution in [-0.2, 0) is 13.1 Å². The van der Waals surface area contributed by atoms with Gasteiger partial charge in [0.25, 0.3) is 11.5 Å². The lowest BCUT2D eigenvalue weighted by Crippen LogP contribution is -2.29. The molecule has 0 spiro atoms. The molecule has 0 aliphatic rings. The van der Waals surface area contributed by atoms with E-state index in [0.717, 1.165) is 16.7 Å². The van der Waals surface area contributed by atoms with Crippen molar-refractivity contribution in [2.45, 2.75) is 20.0 Å². The van der Waals surface area contributed by atoms with Gasteiger partial charge in [-0.15, -0.1) is 0 Å². The van der Waals surface area contributed by atoms with Gasteiger partial charge in [0.1, 0.15) is 18.2 Å². The lowest BCUT2D eigenvalue weighted by atomic mass is 10.1. The molecule has 1 amide bonds. The number of amides is 1. The Kier molecular flexibility index (Phi) is 5.52. The number of aryl methyl sites for hydroxylation is 1. The minimum atomic E-state index is -0.440. The number of rotatable bonds is 6. The highest BCUT2D eigenvalue weighted by molar-refractivity contribution is 6.04. The molecule has 0 aliphatic heterocycles. The Morgan fingerprint density at radius 3 is 2.70 bits per heavy atom. The number of aromatic nitrogens is 4. The fourth-order valence-corrected chi connectivity index (χ4v) is 3.30. The van der Waals surface area contributed by atoms with Crippen LogP contribution in [0.25, 0.3) is 0 Å². The molecule has 7 nitrogen and oxygen atoms in total. The average molecular weight is 399 g/mol. The third-order valence-corrected chi connectivity index (χ3v) is 4.76. The molecule has 2 aromatic carbocycles. The number of carbonyl (C=O) groups is 1. The van der Waals surface area contributed by atoms with Crippen molar-refractivity contribution in [3.63, 3.8) is 0 Å². The summed E-state index contributed by atoms with van der Waals surface area (Å²) in [4.78, 5) is 29.7. The van der Waals surface area contributed by atoms with E-state index < -0.39 is 5.91 Å². The Labute approximate surface area is 173 Å². The van der Waals surface area contributed by atoms with E-state index in [2.05, 4.69) is 15.4 Å². The van der Waals surface area contributed by atoms with Gasteiger partial charge < -0.3 is 9.88 Å². The van der Waals surface area contributed by atoms with Crippen LogP contribution < -0.4 is 10.9 Å². The van der Waals surface area contributed by atoms with Crippen molar-refractivity contribution in [1.82, 2.24) is 19.3 Å². The fourth-order valence-electron chi connectivity index (χ4n) is 3.30. The highest BCUT2D eigenvalue weighted by Crippen LogP contribution is 2.17. The third-order valence-electron chi connectivity index (χ3n) is 4.76. The normalized spacial score (nSPS) is 10.7. The van der Waals surface area contributed by atoms with E-state index in [1.165, 1.54) is 6.33 Å². The van der Waals surface area contributed by atoms with Crippen molar-refractivity contribution in [2.75, 3.05) is 5.32 Å². The maximum atomic E-state index is 12.9. The van der Waals surface area contributed by atoms with Gasteiger partial charge in [0.15, 0.2) is 0 Å². The van der Waals surface area contributed by atoms with Crippen molar-refractivity contribution >= 4 is 11.6 Å². The van der Waals surface area contributed by atoms with Crippen molar-refractivity contribution in [3.05, 3.63) is 112 Å². The minimum Gasteiger partial charge on any atom is -0.321 e. The van der Waals surface area contributed by atoms with Crippen molar-refractivity contribution in [3.8, 4) is 0 Å². The number of benzene rings is 2. The largest absolute Gasteiger partial charge is 0.321 e. The van der Waals surface area contributed by atoms with Crippen LogP contribution in [0.4, 0.5) is 5.69 Å². The number of hydrogen-bond donors (Lipinski definition) is 1. The van der Waals surface area contributed by atoms with Gasteiger partial charge in [-0.3, -0.25) is 9.59 Å². The lowest BCUT2D eigenvalue weighted by molar-refractivity contribution is 0.102. The topological polar surface area (TPSA) is 81.8 Å². The SMILES string of the molecule is Cc1cccc(Cn2cccc(C(=O)Nc3ccccc3Cn3cncn3)c2=O)c1. The number of hydrogen-bond acceptors (Lipinski definition) is 4. The molecule has 30 heavy (non-hydrogen) atoms. The summed E-state index contributed by atoms with van der Waals surface area (Å²) in [5.41, 5.74) is 3.40. The zero-order valence-corrected chi connectivity index (χ0v) is 16.5. The number of para-hydroxylation sites is 1. The molecule has 0 aliphatic carbocycles. The smallest absolute Gasteiger partial charge is 0.263 e. The summed E-state index contributed by atoms with van der Waals surface area (Å²) in [6.07, 6.45) is 4.77. The van der Waals surface area contributed by atoms with Gasteiger partial charge in [-0.25, -0.2) is 9.67 Å². The van der Waals surface area contributed by atoms with Gasteiger partial charge in [-0.2, -0.15) is 5.10 Å². The summed E-state index contributed by atoms with van der Waals surface area (Å²) < 4.78 is 3.22. The van der Waals surface area contributed by atoms with E-state index >= 15 is 0 Å². The first kappa shape index (κ1) is 19.3. The van der Waals surface area contributed by atoms with Crippen LogP contribution in [0.2, 0.25) is 0 Å². The highest BCUT2D eigenvalue weighted by atomic mass is 16.2. The predicted molar refractivity (Wildman–Crippen MR) is 115 cm³/mol. The van der Waals surface area contributed by atoms with Gasteiger partial charge >= 0.3 is 0 Å². The van der Waals surface area contributed by atoms with E-state index in [1.54, 1.807) is 40.0 Å². The monoisotopic (exact) mass is 399 g/mol. The number of anilines is 1. The molecule has 0 saturated heterocycles. The van der Waals surface area contributed by atoms with E-state index in [0.29, 0.717) is 18.8 Å². The molecule has 2 aromatic heterocycles.